The number of piperazine rings is 1. The smallest absolute Gasteiger partial charge is 0.395 e. The van der Waals surface area contributed by atoms with Crippen LogP contribution in [0.3, 0.4) is 0 Å². The fraction of sp³-hybridized carbons (Fsp3) is 0.250. The first-order chi connectivity index (χ1) is 11.6. The minimum absolute atomic E-state index is 0.0652. The summed E-state index contributed by atoms with van der Waals surface area (Å²) in [6.07, 6.45) is 0. The van der Waals surface area contributed by atoms with Crippen LogP contribution in [-0.4, -0.2) is 52.7 Å². The molecule has 0 spiro atoms. The van der Waals surface area contributed by atoms with Gasteiger partial charge in [-0.05, 0) is 18.2 Å². The molecule has 2 amide bonds. The van der Waals surface area contributed by atoms with Gasteiger partial charge in [0.15, 0.2) is 5.76 Å². The number of carbonyl (C=O) groups is 2. The number of furan rings is 1. The van der Waals surface area contributed by atoms with E-state index in [1.54, 1.807) is 29.2 Å². The van der Waals surface area contributed by atoms with E-state index in [9.17, 15) is 19.7 Å². The summed E-state index contributed by atoms with van der Waals surface area (Å²) >= 11 is 0. The van der Waals surface area contributed by atoms with E-state index in [2.05, 4.69) is 0 Å². The van der Waals surface area contributed by atoms with Crippen molar-refractivity contribution in [3.63, 3.8) is 0 Å². The third-order valence-electron chi connectivity index (χ3n) is 3.86. The first-order valence-electron chi connectivity index (χ1n) is 7.44. The molecule has 0 aliphatic carbocycles. The van der Waals surface area contributed by atoms with Crippen LogP contribution in [0.4, 0.5) is 5.88 Å². The van der Waals surface area contributed by atoms with Crippen molar-refractivity contribution in [3.8, 4) is 0 Å². The van der Waals surface area contributed by atoms with Gasteiger partial charge >= 0.3 is 5.88 Å². The van der Waals surface area contributed by atoms with Gasteiger partial charge in [0.1, 0.15) is 4.92 Å². The topological polar surface area (TPSA) is 96.9 Å². The van der Waals surface area contributed by atoms with Gasteiger partial charge in [0.05, 0.1) is 6.07 Å². The average molecular weight is 329 g/mol. The van der Waals surface area contributed by atoms with Crippen LogP contribution in [-0.2, 0) is 0 Å². The van der Waals surface area contributed by atoms with Crippen molar-refractivity contribution in [1.82, 2.24) is 9.80 Å². The molecule has 1 aromatic heterocycles. The van der Waals surface area contributed by atoms with E-state index in [0.29, 0.717) is 31.7 Å². The molecule has 2 aromatic rings. The molecule has 124 valence electrons. The summed E-state index contributed by atoms with van der Waals surface area (Å²) < 4.78 is 4.93. The van der Waals surface area contributed by atoms with Crippen molar-refractivity contribution < 1.29 is 18.9 Å². The maximum absolute atomic E-state index is 12.4. The molecule has 2 heterocycles. The van der Waals surface area contributed by atoms with Crippen molar-refractivity contribution in [1.29, 1.82) is 0 Å². The van der Waals surface area contributed by atoms with Crippen molar-refractivity contribution in [2.24, 2.45) is 0 Å². The molecule has 0 atom stereocenters. The van der Waals surface area contributed by atoms with Crippen LogP contribution in [0.1, 0.15) is 20.9 Å². The van der Waals surface area contributed by atoms with Crippen LogP contribution in [0.25, 0.3) is 0 Å². The summed E-state index contributed by atoms with van der Waals surface area (Å²) in [7, 11) is 0. The summed E-state index contributed by atoms with van der Waals surface area (Å²) in [5, 5.41) is 10.6. The Labute approximate surface area is 137 Å². The standard InChI is InChI=1S/C16H15N3O5/c20-15(12-4-2-1-3-5-12)17-8-10-18(11-9-17)16(21)13-6-7-14(24-13)19(22)23/h1-7H,8-11H2. The van der Waals surface area contributed by atoms with Crippen molar-refractivity contribution >= 4 is 17.7 Å². The molecule has 8 heteroatoms. The fourth-order valence-electron chi connectivity index (χ4n) is 2.57. The van der Waals surface area contributed by atoms with Crippen LogP contribution in [0.15, 0.2) is 46.9 Å². The Morgan fingerprint density at radius 1 is 0.917 bits per heavy atom. The van der Waals surface area contributed by atoms with E-state index in [1.165, 1.54) is 11.0 Å². The predicted octanol–water partition coefficient (Wildman–Crippen LogP) is 1.79. The van der Waals surface area contributed by atoms with Gasteiger partial charge in [-0.2, -0.15) is 0 Å². The van der Waals surface area contributed by atoms with E-state index in [1.807, 2.05) is 6.07 Å². The SMILES string of the molecule is O=C(c1ccccc1)N1CCN(C(=O)c2ccc([N+](=O)[O-])o2)CC1. The Hall–Kier alpha value is -3.16. The highest BCUT2D eigenvalue weighted by molar-refractivity contribution is 5.95. The molecule has 1 aliphatic rings. The summed E-state index contributed by atoms with van der Waals surface area (Å²) in [5.74, 6) is -1.01. The Morgan fingerprint density at radius 3 is 2.04 bits per heavy atom. The second kappa shape index (κ2) is 6.53. The largest absolute Gasteiger partial charge is 0.433 e. The number of nitro groups is 1. The highest BCUT2D eigenvalue weighted by Gasteiger charge is 2.28. The van der Waals surface area contributed by atoms with Crippen LogP contribution in [0.2, 0.25) is 0 Å². The molecule has 0 radical (unpaired) electrons. The molecule has 0 bridgehead atoms. The Balaban J connectivity index is 1.61. The van der Waals surface area contributed by atoms with E-state index >= 15 is 0 Å². The molecular formula is C16H15N3O5. The van der Waals surface area contributed by atoms with Gasteiger partial charge in [-0.1, -0.05) is 18.2 Å². The maximum Gasteiger partial charge on any atom is 0.433 e. The molecule has 1 aromatic carbocycles. The number of benzene rings is 1. The highest BCUT2D eigenvalue weighted by atomic mass is 16.6. The summed E-state index contributed by atoms with van der Waals surface area (Å²) in [6, 6.07) is 11.4. The molecule has 8 nitrogen and oxygen atoms in total. The van der Waals surface area contributed by atoms with Crippen molar-refractivity contribution in [2.45, 2.75) is 0 Å². The van der Waals surface area contributed by atoms with E-state index in [-0.39, 0.29) is 11.7 Å². The van der Waals surface area contributed by atoms with Gasteiger partial charge in [0.25, 0.3) is 11.8 Å². The lowest BCUT2D eigenvalue weighted by Gasteiger charge is -2.34. The number of nitrogens with zero attached hydrogens (tertiary/aromatic N) is 3. The summed E-state index contributed by atoms with van der Waals surface area (Å²) in [4.78, 5) is 37.8. The second-order valence-corrected chi connectivity index (χ2v) is 5.35. The van der Waals surface area contributed by atoms with Gasteiger partial charge in [0.2, 0.25) is 0 Å². The third kappa shape index (κ3) is 3.12. The quantitative estimate of drug-likeness (QED) is 0.631. The fourth-order valence-corrected chi connectivity index (χ4v) is 2.57. The first-order valence-corrected chi connectivity index (χ1v) is 7.44. The molecule has 0 N–H and O–H groups in total. The zero-order chi connectivity index (χ0) is 17.1. The van der Waals surface area contributed by atoms with Crippen molar-refractivity contribution in [2.75, 3.05) is 26.2 Å². The Kier molecular flexibility index (Phi) is 4.28. The van der Waals surface area contributed by atoms with Gasteiger partial charge in [-0.3, -0.25) is 19.7 Å². The molecule has 3 rings (SSSR count). The summed E-state index contributed by atoms with van der Waals surface area (Å²) in [5.41, 5.74) is 0.610. The van der Waals surface area contributed by atoms with Gasteiger partial charge in [-0.15, -0.1) is 0 Å². The first kappa shape index (κ1) is 15.7. The number of amides is 2. The Morgan fingerprint density at radius 2 is 1.50 bits per heavy atom. The van der Waals surface area contributed by atoms with E-state index < -0.39 is 16.7 Å². The van der Waals surface area contributed by atoms with E-state index in [4.69, 9.17) is 4.42 Å². The van der Waals surface area contributed by atoms with Crippen LogP contribution >= 0.6 is 0 Å². The summed E-state index contributed by atoms with van der Waals surface area (Å²) in [6.45, 7) is 1.52. The zero-order valence-corrected chi connectivity index (χ0v) is 12.8. The Bertz CT molecular complexity index is 763. The number of hydrogen-bond acceptors (Lipinski definition) is 5. The monoisotopic (exact) mass is 329 g/mol. The van der Waals surface area contributed by atoms with Crippen LogP contribution in [0, 0.1) is 10.1 Å². The lowest BCUT2D eigenvalue weighted by molar-refractivity contribution is -0.402. The minimum Gasteiger partial charge on any atom is -0.395 e. The maximum atomic E-state index is 12.4. The molecule has 24 heavy (non-hydrogen) atoms. The molecule has 0 unspecified atom stereocenters. The molecule has 1 saturated heterocycles. The molecule has 1 aliphatic heterocycles. The highest BCUT2D eigenvalue weighted by Crippen LogP contribution is 2.18. The lowest BCUT2D eigenvalue weighted by Crippen LogP contribution is -2.50. The van der Waals surface area contributed by atoms with Gasteiger partial charge < -0.3 is 14.2 Å². The molecular weight excluding hydrogens is 314 g/mol. The zero-order valence-electron chi connectivity index (χ0n) is 12.8. The average Bonchev–Trinajstić information content (AvgIpc) is 3.12. The lowest BCUT2D eigenvalue weighted by atomic mass is 10.2. The van der Waals surface area contributed by atoms with Gasteiger partial charge in [-0.25, -0.2) is 0 Å². The molecule has 1 fully saturated rings. The van der Waals surface area contributed by atoms with Crippen LogP contribution in [0.5, 0.6) is 0 Å². The van der Waals surface area contributed by atoms with Gasteiger partial charge in [0, 0.05) is 31.7 Å². The number of rotatable bonds is 3. The van der Waals surface area contributed by atoms with Crippen LogP contribution < -0.4 is 0 Å². The number of carbonyl (C=O) groups excluding carboxylic acids is 2. The second-order valence-electron chi connectivity index (χ2n) is 5.35. The normalized spacial score (nSPS) is 14.5. The molecule has 0 saturated carbocycles. The predicted molar refractivity (Wildman–Crippen MR) is 83.6 cm³/mol. The third-order valence-corrected chi connectivity index (χ3v) is 3.86. The van der Waals surface area contributed by atoms with Crippen molar-refractivity contribution in [3.05, 3.63) is 63.9 Å². The number of hydrogen-bond donors (Lipinski definition) is 0. The minimum atomic E-state index is -0.687. The van der Waals surface area contributed by atoms with E-state index in [0.717, 1.165) is 6.07 Å².